The summed E-state index contributed by atoms with van der Waals surface area (Å²) in [5.74, 6) is -1.02. The highest BCUT2D eigenvalue weighted by molar-refractivity contribution is 7.21. The van der Waals surface area contributed by atoms with Crippen LogP contribution in [0.5, 0.6) is 0 Å². The Morgan fingerprint density at radius 3 is 2.58 bits per heavy atom. The molecule has 3 rings (SSSR count). The van der Waals surface area contributed by atoms with Crippen LogP contribution in [0.1, 0.15) is 44.0 Å². The van der Waals surface area contributed by atoms with E-state index in [9.17, 15) is 14.0 Å². The number of alkyl halides is 1. The van der Waals surface area contributed by atoms with Gasteiger partial charge in [0.25, 0.3) is 5.56 Å². The van der Waals surface area contributed by atoms with Gasteiger partial charge in [-0.3, -0.25) is 9.59 Å². The molecule has 0 aliphatic heterocycles. The van der Waals surface area contributed by atoms with E-state index in [4.69, 9.17) is 11.6 Å². The minimum absolute atomic E-state index is 0.0521. The van der Waals surface area contributed by atoms with E-state index in [1.54, 1.807) is 30.3 Å². The number of carbonyl (C=O) groups excluding carboxylic acids is 1. The van der Waals surface area contributed by atoms with Crippen LogP contribution in [-0.4, -0.2) is 15.9 Å². The highest BCUT2D eigenvalue weighted by atomic mass is 35.5. The zero-order valence-electron chi connectivity index (χ0n) is 17.8. The first kappa shape index (κ1) is 25.2. The third-order valence-corrected chi connectivity index (χ3v) is 6.26. The van der Waals surface area contributed by atoms with Crippen molar-refractivity contribution in [3.8, 4) is 22.0 Å². The van der Waals surface area contributed by atoms with Gasteiger partial charge in [0.05, 0.1) is 15.6 Å². The molecule has 166 valence electrons. The summed E-state index contributed by atoms with van der Waals surface area (Å²) < 4.78 is 13.5. The predicted molar refractivity (Wildman–Crippen MR) is 130 cm³/mol. The van der Waals surface area contributed by atoms with Crippen LogP contribution in [0.4, 0.5) is 4.39 Å². The fourth-order valence-corrected chi connectivity index (χ4v) is 3.98. The van der Waals surface area contributed by atoms with Gasteiger partial charge in [0, 0.05) is 29.0 Å². The average molecular weight is 482 g/mol. The molecule has 0 aliphatic carbocycles. The number of thiophene rings is 1. The number of rotatable bonds is 6. The van der Waals surface area contributed by atoms with E-state index in [1.165, 1.54) is 17.4 Å². The van der Waals surface area contributed by atoms with Crippen molar-refractivity contribution in [2.45, 2.75) is 40.2 Å². The summed E-state index contributed by atoms with van der Waals surface area (Å²) in [6.45, 7) is 7.98. The van der Waals surface area contributed by atoms with E-state index < -0.39 is 5.91 Å². The number of halogens is 2. The summed E-state index contributed by atoms with van der Waals surface area (Å²) in [5, 5.41) is 3.27. The molecule has 0 saturated heterocycles. The van der Waals surface area contributed by atoms with Gasteiger partial charge in [0.15, 0.2) is 0 Å². The molecule has 0 radical (unpaired) electrons. The van der Waals surface area contributed by atoms with Crippen LogP contribution < -0.4 is 10.9 Å². The summed E-state index contributed by atoms with van der Waals surface area (Å²) in [4.78, 5) is 32.5. The first-order valence-electron chi connectivity index (χ1n) is 9.92. The van der Waals surface area contributed by atoms with Gasteiger partial charge >= 0.3 is 0 Å². The quantitative estimate of drug-likeness (QED) is 0.426. The standard InChI is InChI=1S/C20H20ClFN3O2PS.C2H6/c1-10(2)20(27)23-9-11-3-4-13(21)12(7-11)19-24-14(8-17(26)25-19)15-5-6-16(29-15)18(22)28;1-2/h3-8,10,18H,9,28H2,1-2H3,(H,23,27)(H,24,25,26);1-2H3. The number of aromatic amines is 1. The van der Waals surface area contributed by atoms with Gasteiger partial charge in [0.1, 0.15) is 11.7 Å². The van der Waals surface area contributed by atoms with Crippen molar-refractivity contribution in [3.63, 3.8) is 0 Å². The van der Waals surface area contributed by atoms with E-state index in [0.29, 0.717) is 38.4 Å². The number of hydrogen-bond acceptors (Lipinski definition) is 4. The SMILES string of the molecule is CC.CC(C)C(=O)NCc1ccc(Cl)c(-c2nc(-c3ccc(C(F)P)s3)cc(=O)[nH]2)c1. The molecule has 2 atom stereocenters. The minimum Gasteiger partial charge on any atom is -0.352 e. The predicted octanol–water partition coefficient (Wildman–Crippen LogP) is 5.96. The lowest BCUT2D eigenvalue weighted by atomic mass is 10.1. The van der Waals surface area contributed by atoms with E-state index in [2.05, 4.69) is 24.5 Å². The molecule has 0 aliphatic rings. The second-order valence-corrected chi connectivity index (χ2v) is 8.88. The van der Waals surface area contributed by atoms with Crippen molar-refractivity contribution in [2.24, 2.45) is 5.92 Å². The van der Waals surface area contributed by atoms with Crippen molar-refractivity contribution in [2.75, 3.05) is 0 Å². The number of aromatic nitrogens is 2. The van der Waals surface area contributed by atoms with Gasteiger partial charge in [-0.25, -0.2) is 9.37 Å². The lowest BCUT2D eigenvalue weighted by molar-refractivity contribution is -0.124. The Morgan fingerprint density at radius 2 is 1.97 bits per heavy atom. The summed E-state index contributed by atoms with van der Waals surface area (Å²) in [7, 11) is 2.10. The number of H-pyrrole nitrogens is 1. The smallest absolute Gasteiger partial charge is 0.251 e. The van der Waals surface area contributed by atoms with Crippen molar-refractivity contribution in [1.29, 1.82) is 0 Å². The minimum atomic E-state index is -1.16. The van der Waals surface area contributed by atoms with E-state index >= 15 is 0 Å². The molecule has 0 bridgehead atoms. The zero-order valence-corrected chi connectivity index (χ0v) is 20.6. The molecule has 31 heavy (non-hydrogen) atoms. The molecule has 5 nitrogen and oxygen atoms in total. The van der Waals surface area contributed by atoms with Gasteiger partial charge in [-0.05, 0) is 29.8 Å². The number of hydrogen-bond donors (Lipinski definition) is 2. The highest BCUT2D eigenvalue weighted by Gasteiger charge is 2.14. The molecular formula is C22H26ClFN3O2PS. The maximum atomic E-state index is 13.5. The molecule has 0 fully saturated rings. The fourth-order valence-electron chi connectivity index (χ4n) is 2.61. The molecule has 1 aromatic carbocycles. The van der Waals surface area contributed by atoms with Crippen LogP contribution in [0.25, 0.3) is 22.0 Å². The Bertz CT molecular complexity index is 1100. The molecule has 9 heteroatoms. The van der Waals surface area contributed by atoms with Crippen molar-refractivity contribution >= 4 is 38.1 Å². The second kappa shape index (κ2) is 11.5. The maximum Gasteiger partial charge on any atom is 0.251 e. The molecule has 1 amide bonds. The van der Waals surface area contributed by atoms with E-state index in [0.717, 1.165) is 5.56 Å². The third-order valence-electron chi connectivity index (χ3n) is 4.17. The number of nitrogens with zero attached hydrogens (tertiary/aromatic N) is 1. The summed E-state index contributed by atoms with van der Waals surface area (Å²) in [5.41, 5.74) is 1.48. The maximum absolute atomic E-state index is 13.5. The van der Waals surface area contributed by atoms with Crippen molar-refractivity contribution < 1.29 is 9.18 Å². The van der Waals surface area contributed by atoms with Crippen LogP contribution >= 0.6 is 32.2 Å². The van der Waals surface area contributed by atoms with Gasteiger partial charge < -0.3 is 10.3 Å². The first-order valence-corrected chi connectivity index (χ1v) is 11.8. The van der Waals surface area contributed by atoms with Crippen LogP contribution in [0, 0.1) is 5.92 Å². The molecular weight excluding hydrogens is 456 g/mol. The molecule has 2 heterocycles. The van der Waals surface area contributed by atoms with Crippen LogP contribution in [0.15, 0.2) is 41.2 Å². The molecule has 2 N–H and O–H groups in total. The average Bonchev–Trinajstić information content (AvgIpc) is 3.24. The number of carbonyl (C=O) groups is 1. The molecule has 2 unspecified atom stereocenters. The monoisotopic (exact) mass is 481 g/mol. The van der Waals surface area contributed by atoms with Crippen molar-refractivity contribution in [3.05, 3.63) is 62.2 Å². The number of nitrogens with one attached hydrogen (secondary N) is 2. The number of amides is 1. The number of benzene rings is 1. The van der Waals surface area contributed by atoms with Crippen molar-refractivity contribution in [1.82, 2.24) is 15.3 Å². The Kier molecular flexibility index (Phi) is 9.35. The largest absolute Gasteiger partial charge is 0.352 e. The topological polar surface area (TPSA) is 74.8 Å². The second-order valence-electron chi connectivity index (χ2n) is 6.77. The summed E-state index contributed by atoms with van der Waals surface area (Å²) in [6, 6.07) is 10.1. The van der Waals surface area contributed by atoms with Crippen LogP contribution in [0.2, 0.25) is 5.02 Å². The van der Waals surface area contributed by atoms with Crippen LogP contribution in [0.3, 0.4) is 0 Å². The molecule has 0 saturated carbocycles. The Labute approximate surface area is 192 Å². The zero-order chi connectivity index (χ0) is 23.1. The molecule has 0 spiro atoms. The van der Waals surface area contributed by atoms with Crippen LogP contribution in [-0.2, 0) is 11.3 Å². The van der Waals surface area contributed by atoms with Gasteiger partial charge in [-0.2, -0.15) is 0 Å². The highest BCUT2D eigenvalue weighted by Crippen LogP contribution is 2.35. The normalized spacial score (nSPS) is 11.6. The fraction of sp³-hybridized carbons (Fsp3) is 0.318. The lowest BCUT2D eigenvalue weighted by Crippen LogP contribution is -2.27. The Hall–Kier alpha value is -2.08. The van der Waals surface area contributed by atoms with Gasteiger partial charge in [-0.15, -0.1) is 11.3 Å². The van der Waals surface area contributed by atoms with E-state index in [1.807, 2.05) is 27.7 Å². The molecule has 2 aromatic heterocycles. The Balaban J connectivity index is 0.00000166. The summed E-state index contributed by atoms with van der Waals surface area (Å²) in [6.07, 6.45) is 0. The first-order chi connectivity index (χ1) is 14.7. The van der Waals surface area contributed by atoms with Gasteiger partial charge in [0.2, 0.25) is 5.91 Å². The molecule has 3 aromatic rings. The lowest BCUT2D eigenvalue weighted by Gasteiger charge is -2.10. The third kappa shape index (κ3) is 6.70. The summed E-state index contributed by atoms with van der Waals surface area (Å²) >= 11 is 7.58. The Morgan fingerprint density at radius 1 is 1.26 bits per heavy atom. The van der Waals surface area contributed by atoms with Gasteiger partial charge in [-0.1, -0.05) is 54.6 Å². The van der Waals surface area contributed by atoms with E-state index in [-0.39, 0.29) is 17.4 Å².